The molecule has 0 aliphatic heterocycles. The Morgan fingerprint density at radius 2 is 1.00 bits per heavy atom. The molecule has 0 bridgehead atoms. The number of rotatable bonds is 6. The van der Waals surface area contributed by atoms with Gasteiger partial charge in [0.25, 0.3) is 0 Å². The first-order valence-corrected chi connectivity index (χ1v) is 14.4. The predicted molar refractivity (Wildman–Crippen MR) is 108 cm³/mol. The topological polar surface area (TPSA) is 34.1 Å². The van der Waals surface area contributed by atoms with Gasteiger partial charge in [0.1, 0.15) is 0 Å². The SMILES string of the molecule is C[CH2][Ge]([CH2]C)([C](=O)c1c(Cl)cccc1Cl)[C](=O)c1c(Cl)cccc1Cl. The average molecular weight is 479 g/mol. The molecule has 0 radical (unpaired) electrons. The van der Waals surface area contributed by atoms with E-state index in [1.54, 1.807) is 36.4 Å². The van der Waals surface area contributed by atoms with Crippen molar-refractivity contribution in [1.29, 1.82) is 0 Å². The Hall–Kier alpha value is -0.517. The molecule has 0 saturated carbocycles. The van der Waals surface area contributed by atoms with Gasteiger partial charge in [0.05, 0.1) is 0 Å². The molecule has 0 amide bonds. The predicted octanol–water partition coefficient (Wildman–Crippen LogP) is 6.93. The zero-order chi connectivity index (χ0) is 18.8. The number of benzene rings is 2. The van der Waals surface area contributed by atoms with E-state index >= 15 is 0 Å². The molecule has 0 N–H and O–H groups in total. The van der Waals surface area contributed by atoms with Gasteiger partial charge < -0.3 is 0 Å². The summed E-state index contributed by atoms with van der Waals surface area (Å²) < 4.78 is -0.469. The standard InChI is InChI=1S/C18H16Cl4GeO2/c1-3-23(4-2,17(24)15-11(19)7-5-8-12(15)20)18(25)16-13(21)9-6-10-14(16)22/h5-10H,3-4H2,1-2H3. The van der Waals surface area contributed by atoms with Gasteiger partial charge in [0.2, 0.25) is 0 Å². The van der Waals surface area contributed by atoms with Crippen molar-refractivity contribution in [3.63, 3.8) is 0 Å². The number of hydrogen-bond acceptors (Lipinski definition) is 2. The molecule has 0 unspecified atom stereocenters. The van der Waals surface area contributed by atoms with E-state index in [9.17, 15) is 9.59 Å². The Labute approximate surface area is 169 Å². The van der Waals surface area contributed by atoms with Gasteiger partial charge in [-0.25, -0.2) is 0 Å². The number of carbonyl (C=O) groups excluding carboxylic acids is 2. The van der Waals surface area contributed by atoms with Crippen LogP contribution in [0.15, 0.2) is 36.4 Å². The number of carbonyl (C=O) groups is 2. The molecule has 0 heterocycles. The van der Waals surface area contributed by atoms with Crippen LogP contribution in [0.1, 0.15) is 34.6 Å². The molecule has 0 atom stereocenters. The molecule has 2 rings (SSSR count). The molecule has 0 saturated heterocycles. The van der Waals surface area contributed by atoms with Gasteiger partial charge in [-0.15, -0.1) is 0 Å². The van der Waals surface area contributed by atoms with Gasteiger partial charge in [0, 0.05) is 0 Å². The second-order valence-electron chi connectivity index (χ2n) is 5.64. The van der Waals surface area contributed by atoms with E-state index in [0.717, 1.165) is 0 Å². The molecule has 0 aliphatic carbocycles. The van der Waals surface area contributed by atoms with Crippen LogP contribution in [0.5, 0.6) is 0 Å². The molecular weight excluding hydrogens is 463 g/mol. The fourth-order valence-corrected chi connectivity index (χ4v) is 12.0. The van der Waals surface area contributed by atoms with Crippen molar-refractivity contribution in [3.05, 3.63) is 67.6 Å². The van der Waals surface area contributed by atoms with Crippen LogP contribution in [0.3, 0.4) is 0 Å². The Balaban J connectivity index is 2.67. The second-order valence-corrected chi connectivity index (χ2v) is 16.7. The van der Waals surface area contributed by atoms with E-state index in [1.165, 1.54) is 0 Å². The Morgan fingerprint density at radius 1 is 0.720 bits per heavy atom. The van der Waals surface area contributed by atoms with Crippen LogP contribution in [0.4, 0.5) is 0 Å². The first-order valence-electron chi connectivity index (χ1n) is 7.77. The Morgan fingerprint density at radius 3 is 1.24 bits per heavy atom. The van der Waals surface area contributed by atoms with Crippen LogP contribution in [0.25, 0.3) is 0 Å². The van der Waals surface area contributed by atoms with E-state index in [0.29, 0.717) is 10.5 Å². The molecule has 0 aromatic heterocycles. The van der Waals surface area contributed by atoms with Crippen molar-refractivity contribution in [3.8, 4) is 0 Å². The number of halogens is 4. The number of hydrogen-bond donors (Lipinski definition) is 0. The summed E-state index contributed by atoms with van der Waals surface area (Å²) in [6.07, 6.45) is 0. The molecule has 0 aliphatic rings. The Bertz CT molecular complexity index is 726. The summed E-state index contributed by atoms with van der Waals surface area (Å²) in [7, 11) is 0. The fraction of sp³-hybridized carbons (Fsp3) is 0.222. The summed E-state index contributed by atoms with van der Waals surface area (Å²) in [5.41, 5.74) is 0.456. The van der Waals surface area contributed by atoms with Crippen LogP contribution in [0.2, 0.25) is 30.6 Å². The average Bonchev–Trinajstić information content (AvgIpc) is 2.56. The van der Waals surface area contributed by atoms with Crippen LogP contribution in [-0.2, 0) is 0 Å². The molecule has 7 heteroatoms. The maximum atomic E-state index is 13.4. The van der Waals surface area contributed by atoms with E-state index in [1.807, 2.05) is 13.8 Å². The first-order chi connectivity index (χ1) is 11.8. The van der Waals surface area contributed by atoms with Crippen LogP contribution < -0.4 is 0 Å². The zero-order valence-electron chi connectivity index (χ0n) is 13.7. The minimum atomic E-state index is -3.81. The first kappa shape index (κ1) is 20.8. The third-order valence-corrected chi connectivity index (χ3v) is 15.5. The van der Waals surface area contributed by atoms with Crippen LogP contribution in [0, 0.1) is 0 Å². The molecule has 132 valence electrons. The van der Waals surface area contributed by atoms with Gasteiger partial charge in [-0.1, -0.05) is 0 Å². The van der Waals surface area contributed by atoms with Crippen molar-refractivity contribution in [2.45, 2.75) is 24.4 Å². The summed E-state index contributed by atoms with van der Waals surface area (Å²) in [4.78, 5) is 26.8. The molecule has 2 aromatic rings. The minimum absolute atomic E-state index is 0.228. The van der Waals surface area contributed by atoms with Gasteiger partial charge in [0.15, 0.2) is 0 Å². The van der Waals surface area contributed by atoms with Gasteiger partial charge in [-0.05, 0) is 0 Å². The normalized spacial score (nSPS) is 11.4. The summed E-state index contributed by atoms with van der Waals surface area (Å²) >= 11 is 21.1. The van der Waals surface area contributed by atoms with Crippen molar-refractivity contribution in [2.24, 2.45) is 0 Å². The van der Waals surface area contributed by atoms with E-state index in [-0.39, 0.29) is 40.4 Å². The molecule has 0 fully saturated rings. The summed E-state index contributed by atoms with van der Waals surface area (Å²) in [6.45, 7) is 3.71. The van der Waals surface area contributed by atoms with Crippen molar-refractivity contribution >= 4 is 68.9 Å². The Kier molecular flexibility index (Phi) is 7.03. The molecule has 2 nitrogen and oxygen atoms in total. The zero-order valence-corrected chi connectivity index (χ0v) is 18.8. The van der Waals surface area contributed by atoms with E-state index in [2.05, 4.69) is 0 Å². The third kappa shape index (κ3) is 3.79. The molecule has 25 heavy (non-hydrogen) atoms. The van der Waals surface area contributed by atoms with Gasteiger partial charge in [-0.2, -0.15) is 0 Å². The quantitative estimate of drug-likeness (QED) is 0.422. The summed E-state index contributed by atoms with van der Waals surface area (Å²) in [6, 6.07) is 9.75. The van der Waals surface area contributed by atoms with Crippen molar-refractivity contribution in [1.82, 2.24) is 0 Å². The van der Waals surface area contributed by atoms with Crippen molar-refractivity contribution < 1.29 is 9.59 Å². The fourth-order valence-electron chi connectivity index (χ4n) is 2.90. The van der Waals surface area contributed by atoms with E-state index < -0.39 is 13.3 Å². The molecular formula is C18H16Cl4GeO2. The van der Waals surface area contributed by atoms with Crippen LogP contribution in [-0.4, -0.2) is 22.5 Å². The van der Waals surface area contributed by atoms with Crippen molar-refractivity contribution in [2.75, 3.05) is 0 Å². The van der Waals surface area contributed by atoms with Gasteiger partial charge >= 0.3 is 170 Å². The van der Waals surface area contributed by atoms with Gasteiger partial charge in [-0.3, -0.25) is 0 Å². The van der Waals surface area contributed by atoms with Crippen LogP contribution >= 0.6 is 46.4 Å². The molecule has 0 spiro atoms. The maximum absolute atomic E-state index is 13.4. The molecule has 2 aromatic carbocycles. The third-order valence-electron chi connectivity index (χ3n) is 4.46. The summed E-state index contributed by atoms with van der Waals surface area (Å²) in [5.74, 6) is 0. The van der Waals surface area contributed by atoms with E-state index in [4.69, 9.17) is 46.4 Å². The monoisotopic (exact) mass is 478 g/mol. The summed E-state index contributed by atoms with van der Waals surface area (Å²) in [5, 5.41) is 1.94. The second kappa shape index (κ2) is 8.45.